The number of anilines is 1. The van der Waals surface area contributed by atoms with Crippen molar-refractivity contribution in [2.24, 2.45) is 0 Å². The number of hydrogen-bond donors (Lipinski definition) is 2. The molecule has 3 atom stereocenters. The van der Waals surface area contributed by atoms with Gasteiger partial charge in [-0.3, -0.25) is 4.55 Å². The molecule has 0 bridgehead atoms. The third-order valence-electron chi connectivity index (χ3n) is 6.07. The van der Waals surface area contributed by atoms with Crippen molar-refractivity contribution >= 4 is 15.8 Å². The lowest BCUT2D eigenvalue weighted by molar-refractivity contribution is 0.164. The molecule has 0 radical (unpaired) electrons. The Morgan fingerprint density at radius 3 is 2.58 bits per heavy atom. The largest absolute Gasteiger partial charge is 0.388 e. The van der Waals surface area contributed by atoms with Crippen LogP contribution in [0.25, 0.3) is 0 Å². The summed E-state index contributed by atoms with van der Waals surface area (Å²) in [5.41, 5.74) is 2.66. The standard InChI is InChI=1S/C24H32FNO4S/c1-2-3-10-24(27)19-11-13-20(14-12-19)26-16-15-22(25)23(26)9-5-7-18-6-4-8-21(17-18)31(28,29)30/h4,6,8,11-14,17,22-24,27H,2-3,5,7,9-10,15-16H2,1H3,(H,28,29,30). The summed E-state index contributed by atoms with van der Waals surface area (Å²) in [6.45, 7) is 2.75. The summed E-state index contributed by atoms with van der Waals surface area (Å²) in [6, 6.07) is 13.8. The van der Waals surface area contributed by atoms with E-state index in [0.29, 0.717) is 32.2 Å². The van der Waals surface area contributed by atoms with Crippen molar-refractivity contribution in [1.82, 2.24) is 0 Å². The first-order valence-corrected chi connectivity index (χ1v) is 12.5. The summed E-state index contributed by atoms with van der Waals surface area (Å²) in [5, 5.41) is 10.3. The van der Waals surface area contributed by atoms with Crippen molar-refractivity contribution in [3.8, 4) is 0 Å². The molecule has 0 saturated carbocycles. The van der Waals surface area contributed by atoms with Crippen LogP contribution in [0.15, 0.2) is 53.4 Å². The van der Waals surface area contributed by atoms with Gasteiger partial charge in [0.15, 0.2) is 0 Å². The first-order chi connectivity index (χ1) is 14.8. The zero-order valence-corrected chi connectivity index (χ0v) is 18.8. The predicted octanol–water partition coefficient (Wildman–Crippen LogP) is 5.10. The van der Waals surface area contributed by atoms with Gasteiger partial charge in [-0.2, -0.15) is 8.42 Å². The Morgan fingerprint density at radius 1 is 1.16 bits per heavy atom. The molecular formula is C24H32FNO4S. The molecule has 0 aromatic heterocycles. The van der Waals surface area contributed by atoms with Crippen LogP contribution in [0.1, 0.15) is 62.7 Å². The second-order valence-electron chi connectivity index (χ2n) is 8.33. The van der Waals surface area contributed by atoms with Crippen molar-refractivity contribution in [3.63, 3.8) is 0 Å². The van der Waals surface area contributed by atoms with Crippen molar-refractivity contribution in [3.05, 3.63) is 59.7 Å². The Bertz CT molecular complexity index is 948. The fourth-order valence-electron chi connectivity index (χ4n) is 4.30. The smallest absolute Gasteiger partial charge is 0.294 e. The van der Waals surface area contributed by atoms with Crippen LogP contribution in [-0.4, -0.2) is 36.8 Å². The van der Waals surface area contributed by atoms with Gasteiger partial charge in [0.05, 0.1) is 17.0 Å². The van der Waals surface area contributed by atoms with E-state index in [4.69, 9.17) is 0 Å². The molecule has 2 N–H and O–H groups in total. The summed E-state index contributed by atoms with van der Waals surface area (Å²) < 4.78 is 46.5. The zero-order chi connectivity index (χ0) is 22.4. The van der Waals surface area contributed by atoms with Crippen LogP contribution in [0.3, 0.4) is 0 Å². The topological polar surface area (TPSA) is 77.8 Å². The molecule has 1 fully saturated rings. The highest BCUT2D eigenvalue weighted by Gasteiger charge is 2.33. The molecule has 31 heavy (non-hydrogen) atoms. The molecule has 3 rings (SSSR count). The van der Waals surface area contributed by atoms with E-state index in [1.54, 1.807) is 6.07 Å². The summed E-state index contributed by atoms with van der Waals surface area (Å²) in [4.78, 5) is 1.98. The van der Waals surface area contributed by atoms with Crippen LogP contribution < -0.4 is 4.90 Å². The molecule has 1 aliphatic heterocycles. The maximum absolute atomic E-state index is 14.6. The Labute approximate surface area is 184 Å². The molecular weight excluding hydrogens is 417 g/mol. The van der Waals surface area contributed by atoms with Crippen LogP contribution >= 0.6 is 0 Å². The van der Waals surface area contributed by atoms with Gasteiger partial charge in [-0.25, -0.2) is 4.39 Å². The highest BCUT2D eigenvalue weighted by molar-refractivity contribution is 7.85. The molecule has 0 amide bonds. The Kier molecular flexibility index (Phi) is 8.08. The predicted molar refractivity (Wildman–Crippen MR) is 121 cm³/mol. The van der Waals surface area contributed by atoms with Gasteiger partial charge in [-0.05, 0) is 67.5 Å². The third kappa shape index (κ3) is 6.28. The monoisotopic (exact) mass is 449 g/mol. The van der Waals surface area contributed by atoms with Gasteiger partial charge in [0.25, 0.3) is 10.1 Å². The van der Waals surface area contributed by atoms with Crippen molar-refractivity contribution in [1.29, 1.82) is 0 Å². The maximum atomic E-state index is 14.6. The minimum atomic E-state index is -4.22. The zero-order valence-electron chi connectivity index (χ0n) is 18.0. The van der Waals surface area contributed by atoms with Crippen LogP contribution in [-0.2, 0) is 16.5 Å². The molecule has 0 aliphatic carbocycles. The molecule has 1 aliphatic rings. The second kappa shape index (κ2) is 10.6. The first kappa shape index (κ1) is 23.7. The molecule has 3 unspecified atom stereocenters. The molecule has 7 heteroatoms. The maximum Gasteiger partial charge on any atom is 0.294 e. The van der Waals surface area contributed by atoms with Crippen molar-refractivity contribution in [2.45, 2.75) is 75.1 Å². The first-order valence-electron chi connectivity index (χ1n) is 11.0. The number of rotatable bonds is 10. The van der Waals surface area contributed by atoms with E-state index in [2.05, 4.69) is 11.8 Å². The number of hydrogen-bond acceptors (Lipinski definition) is 4. The van der Waals surface area contributed by atoms with Crippen LogP contribution in [0.4, 0.5) is 10.1 Å². The Morgan fingerprint density at radius 2 is 1.90 bits per heavy atom. The number of aryl methyl sites for hydroxylation is 1. The average molecular weight is 450 g/mol. The van der Waals surface area contributed by atoms with E-state index in [1.165, 1.54) is 12.1 Å². The number of unbranched alkanes of at least 4 members (excludes halogenated alkanes) is 1. The average Bonchev–Trinajstić information content (AvgIpc) is 3.12. The van der Waals surface area contributed by atoms with Crippen LogP contribution in [0.5, 0.6) is 0 Å². The number of alkyl halides is 1. The molecule has 2 aromatic rings. The fraction of sp³-hybridized carbons (Fsp3) is 0.500. The van der Waals surface area contributed by atoms with Gasteiger partial charge in [0, 0.05) is 12.2 Å². The van der Waals surface area contributed by atoms with E-state index in [-0.39, 0.29) is 10.9 Å². The lowest BCUT2D eigenvalue weighted by Crippen LogP contribution is -2.33. The fourth-order valence-corrected chi connectivity index (χ4v) is 4.85. The van der Waals surface area contributed by atoms with Gasteiger partial charge in [-0.15, -0.1) is 0 Å². The van der Waals surface area contributed by atoms with Crippen molar-refractivity contribution < 1.29 is 22.5 Å². The van der Waals surface area contributed by atoms with E-state index in [1.807, 2.05) is 30.3 Å². The molecule has 1 saturated heterocycles. The van der Waals surface area contributed by atoms with Gasteiger partial charge < -0.3 is 10.0 Å². The number of aliphatic hydroxyl groups excluding tert-OH is 1. The highest BCUT2D eigenvalue weighted by Crippen LogP contribution is 2.32. The number of halogens is 1. The van der Waals surface area contributed by atoms with E-state index in [0.717, 1.165) is 36.1 Å². The van der Waals surface area contributed by atoms with Crippen LogP contribution in [0.2, 0.25) is 0 Å². The summed E-state index contributed by atoms with van der Waals surface area (Å²) in [6.07, 6.45) is 3.87. The highest BCUT2D eigenvalue weighted by atomic mass is 32.2. The molecule has 1 heterocycles. The quantitative estimate of drug-likeness (QED) is 0.494. The second-order valence-corrected chi connectivity index (χ2v) is 9.75. The van der Waals surface area contributed by atoms with E-state index < -0.39 is 22.4 Å². The number of aliphatic hydroxyl groups is 1. The Hall–Kier alpha value is -1.96. The van der Waals surface area contributed by atoms with E-state index in [9.17, 15) is 22.5 Å². The number of benzene rings is 2. The molecule has 5 nitrogen and oxygen atoms in total. The lowest BCUT2D eigenvalue weighted by atomic mass is 10.0. The summed E-state index contributed by atoms with van der Waals surface area (Å²) in [7, 11) is -4.22. The molecule has 170 valence electrons. The minimum absolute atomic E-state index is 0.114. The molecule has 0 spiro atoms. The Balaban J connectivity index is 1.61. The lowest BCUT2D eigenvalue weighted by Gasteiger charge is -2.28. The van der Waals surface area contributed by atoms with Gasteiger partial charge in [-0.1, -0.05) is 44.0 Å². The molecule has 2 aromatic carbocycles. The summed E-state index contributed by atoms with van der Waals surface area (Å²) in [5.74, 6) is 0. The van der Waals surface area contributed by atoms with E-state index >= 15 is 0 Å². The van der Waals surface area contributed by atoms with Gasteiger partial charge >= 0.3 is 0 Å². The third-order valence-corrected chi connectivity index (χ3v) is 6.92. The van der Waals surface area contributed by atoms with Gasteiger partial charge in [0.2, 0.25) is 0 Å². The number of nitrogens with zero attached hydrogens (tertiary/aromatic N) is 1. The minimum Gasteiger partial charge on any atom is -0.388 e. The normalized spacial score (nSPS) is 20.2. The summed E-state index contributed by atoms with van der Waals surface area (Å²) >= 11 is 0. The van der Waals surface area contributed by atoms with Crippen LogP contribution in [0, 0.1) is 0 Å². The van der Waals surface area contributed by atoms with Gasteiger partial charge in [0.1, 0.15) is 6.17 Å². The van der Waals surface area contributed by atoms with Crippen molar-refractivity contribution in [2.75, 3.05) is 11.4 Å². The SMILES string of the molecule is CCCCC(O)c1ccc(N2CCC(F)C2CCCc2cccc(S(=O)(=O)O)c2)cc1.